The number of nitrogens with one attached hydrogen (secondary N) is 1. The zero-order valence-corrected chi connectivity index (χ0v) is 5.55. The highest BCUT2D eigenvalue weighted by atomic mass is 19.3. The van der Waals surface area contributed by atoms with Crippen molar-refractivity contribution in [2.45, 2.75) is 24.4 Å². The number of halogens is 2. The van der Waals surface area contributed by atoms with Crippen LogP contribution in [0, 0.1) is 5.92 Å². The Labute approximate surface area is 61.4 Å². The molecule has 11 heavy (non-hydrogen) atoms. The number of fused-ring (bicyclic) bond motifs is 1. The van der Waals surface area contributed by atoms with Gasteiger partial charge < -0.3 is 5.11 Å². The third-order valence-electron chi connectivity index (χ3n) is 2.37. The van der Waals surface area contributed by atoms with Crippen molar-refractivity contribution in [1.29, 1.82) is 0 Å². The van der Waals surface area contributed by atoms with Crippen molar-refractivity contribution in [1.82, 2.24) is 5.32 Å². The van der Waals surface area contributed by atoms with E-state index >= 15 is 0 Å². The normalized spacial score (nSPS) is 45.1. The summed E-state index contributed by atoms with van der Waals surface area (Å²) in [5.74, 6) is -4.41. The Morgan fingerprint density at radius 1 is 1.64 bits per heavy atom. The lowest BCUT2D eigenvalue weighted by atomic mass is 10.2. The van der Waals surface area contributed by atoms with Crippen molar-refractivity contribution in [3.05, 3.63) is 0 Å². The highest BCUT2D eigenvalue weighted by Crippen LogP contribution is 2.55. The number of carbonyl (C=O) groups is 1. The van der Waals surface area contributed by atoms with Gasteiger partial charge in [0.2, 0.25) is 0 Å². The van der Waals surface area contributed by atoms with Crippen LogP contribution in [0.5, 0.6) is 0 Å². The van der Waals surface area contributed by atoms with Crippen LogP contribution in [0.25, 0.3) is 0 Å². The Kier molecular flexibility index (Phi) is 1.09. The predicted octanol–water partition coefficient (Wildman–Crippen LogP) is 0.0666. The second-order valence-corrected chi connectivity index (χ2v) is 3.05. The summed E-state index contributed by atoms with van der Waals surface area (Å²) in [6.45, 7) is 0. The number of aliphatic carboxylic acids is 1. The minimum absolute atomic E-state index is 0.0625. The zero-order chi connectivity index (χ0) is 8.22. The van der Waals surface area contributed by atoms with Gasteiger partial charge in [0.15, 0.2) is 0 Å². The summed E-state index contributed by atoms with van der Waals surface area (Å²) in [4.78, 5) is 10.3. The van der Waals surface area contributed by atoms with E-state index in [-0.39, 0.29) is 6.42 Å². The maximum atomic E-state index is 12.4. The van der Waals surface area contributed by atoms with Crippen LogP contribution in [0.2, 0.25) is 0 Å². The molecule has 0 aromatic rings. The third-order valence-corrected chi connectivity index (χ3v) is 2.37. The molecule has 1 aliphatic heterocycles. The molecule has 1 saturated carbocycles. The molecule has 0 spiro atoms. The Bertz CT molecular complexity index is 205. The average molecular weight is 163 g/mol. The fraction of sp³-hybridized carbons (Fsp3) is 0.833. The summed E-state index contributed by atoms with van der Waals surface area (Å²) in [5.41, 5.74) is 0. The summed E-state index contributed by atoms with van der Waals surface area (Å²) < 4.78 is 24.8. The molecule has 1 saturated heterocycles. The molecule has 1 aliphatic carbocycles. The van der Waals surface area contributed by atoms with Gasteiger partial charge in [-0.1, -0.05) is 0 Å². The first-order chi connectivity index (χ1) is 5.03. The lowest BCUT2D eigenvalue weighted by molar-refractivity contribution is -0.139. The molecule has 2 N–H and O–H groups in total. The SMILES string of the molecule is O=C(O)[C@@H]1C[C@H]2[C@@H](N1)C2(F)F. The first-order valence-electron chi connectivity index (χ1n) is 3.40. The number of carboxylic acids is 1. The molecule has 0 amide bonds. The molecule has 1 heterocycles. The van der Waals surface area contributed by atoms with E-state index in [1.165, 1.54) is 0 Å². The van der Waals surface area contributed by atoms with Crippen LogP contribution in [0.1, 0.15) is 6.42 Å². The van der Waals surface area contributed by atoms with Crippen LogP contribution in [-0.2, 0) is 4.79 Å². The van der Waals surface area contributed by atoms with E-state index in [4.69, 9.17) is 5.11 Å². The molecule has 3 nitrogen and oxygen atoms in total. The van der Waals surface area contributed by atoms with Gasteiger partial charge in [0.1, 0.15) is 6.04 Å². The van der Waals surface area contributed by atoms with E-state index in [1.807, 2.05) is 0 Å². The van der Waals surface area contributed by atoms with Gasteiger partial charge >= 0.3 is 5.97 Å². The summed E-state index contributed by atoms with van der Waals surface area (Å²) in [6.07, 6.45) is 0.0625. The van der Waals surface area contributed by atoms with Gasteiger partial charge in [-0.15, -0.1) is 0 Å². The fourth-order valence-corrected chi connectivity index (χ4v) is 1.62. The minimum Gasteiger partial charge on any atom is -0.480 e. The van der Waals surface area contributed by atoms with E-state index in [0.717, 1.165) is 0 Å². The van der Waals surface area contributed by atoms with Crippen molar-refractivity contribution in [2.75, 3.05) is 0 Å². The monoisotopic (exact) mass is 163 g/mol. The largest absolute Gasteiger partial charge is 0.480 e. The van der Waals surface area contributed by atoms with Gasteiger partial charge in [-0.3, -0.25) is 10.1 Å². The Hall–Kier alpha value is -0.710. The molecule has 3 atom stereocenters. The quantitative estimate of drug-likeness (QED) is 0.575. The van der Waals surface area contributed by atoms with Crippen LogP contribution in [0.4, 0.5) is 8.78 Å². The van der Waals surface area contributed by atoms with Crippen molar-refractivity contribution in [2.24, 2.45) is 5.92 Å². The van der Waals surface area contributed by atoms with Crippen LogP contribution in [-0.4, -0.2) is 29.1 Å². The molecule has 5 heteroatoms. The lowest BCUT2D eigenvalue weighted by Gasteiger charge is -2.09. The summed E-state index contributed by atoms with van der Waals surface area (Å²) in [7, 11) is 0. The fourth-order valence-electron chi connectivity index (χ4n) is 1.62. The van der Waals surface area contributed by atoms with Crippen molar-refractivity contribution in [3.8, 4) is 0 Å². The van der Waals surface area contributed by atoms with Crippen LogP contribution in [0.3, 0.4) is 0 Å². The summed E-state index contributed by atoms with van der Waals surface area (Å²) in [6, 6.07) is -1.63. The Balaban J connectivity index is 2.00. The molecule has 0 aromatic heterocycles. The van der Waals surface area contributed by atoms with Crippen molar-refractivity contribution >= 4 is 5.97 Å². The van der Waals surface area contributed by atoms with Crippen LogP contribution in [0.15, 0.2) is 0 Å². The molecular weight excluding hydrogens is 156 g/mol. The molecule has 62 valence electrons. The number of hydrogen-bond acceptors (Lipinski definition) is 2. The van der Waals surface area contributed by atoms with Gasteiger partial charge in [0, 0.05) is 5.92 Å². The smallest absolute Gasteiger partial charge is 0.320 e. The second-order valence-electron chi connectivity index (χ2n) is 3.05. The van der Waals surface area contributed by atoms with Gasteiger partial charge in [0.05, 0.1) is 6.04 Å². The van der Waals surface area contributed by atoms with Gasteiger partial charge in [-0.05, 0) is 6.42 Å². The molecule has 0 aromatic carbocycles. The van der Waals surface area contributed by atoms with Gasteiger partial charge in [-0.2, -0.15) is 0 Å². The van der Waals surface area contributed by atoms with Gasteiger partial charge in [0.25, 0.3) is 5.92 Å². The first-order valence-corrected chi connectivity index (χ1v) is 3.40. The molecular formula is C6H7F2NO2. The predicted molar refractivity (Wildman–Crippen MR) is 31.4 cm³/mol. The Morgan fingerprint density at radius 3 is 2.64 bits per heavy atom. The van der Waals surface area contributed by atoms with E-state index < -0.39 is 29.9 Å². The second kappa shape index (κ2) is 1.72. The minimum atomic E-state index is -2.65. The van der Waals surface area contributed by atoms with E-state index in [2.05, 4.69) is 5.32 Å². The van der Waals surface area contributed by atoms with E-state index in [0.29, 0.717) is 0 Å². The first kappa shape index (κ1) is 6.97. The third kappa shape index (κ3) is 0.772. The maximum Gasteiger partial charge on any atom is 0.320 e. The topological polar surface area (TPSA) is 49.3 Å². The maximum absolute atomic E-state index is 12.4. The van der Waals surface area contributed by atoms with Gasteiger partial charge in [-0.25, -0.2) is 8.78 Å². The highest BCUT2D eigenvalue weighted by molar-refractivity contribution is 5.74. The van der Waals surface area contributed by atoms with E-state index in [9.17, 15) is 13.6 Å². The molecule has 0 unspecified atom stereocenters. The molecule has 2 aliphatic rings. The van der Waals surface area contributed by atoms with E-state index in [1.54, 1.807) is 0 Å². The zero-order valence-electron chi connectivity index (χ0n) is 5.55. The highest BCUT2D eigenvalue weighted by Gasteiger charge is 2.72. The summed E-state index contributed by atoms with van der Waals surface area (Å²) in [5, 5.41) is 10.8. The standard InChI is InChI=1S/C6H7F2NO2/c7-6(8)2-1-3(5(10)11)9-4(2)6/h2-4,9H,1H2,(H,10,11)/t2-,3-,4+/m0/s1. The lowest BCUT2D eigenvalue weighted by Crippen LogP contribution is -2.37. The molecule has 0 radical (unpaired) electrons. The molecule has 2 fully saturated rings. The number of piperidine rings is 1. The number of rotatable bonds is 1. The average Bonchev–Trinajstić information content (AvgIpc) is 2.28. The van der Waals surface area contributed by atoms with Crippen molar-refractivity contribution in [3.63, 3.8) is 0 Å². The molecule has 0 bridgehead atoms. The Morgan fingerprint density at radius 2 is 2.27 bits per heavy atom. The van der Waals surface area contributed by atoms with Crippen LogP contribution < -0.4 is 5.32 Å². The summed E-state index contributed by atoms with van der Waals surface area (Å²) >= 11 is 0. The van der Waals surface area contributed by atoms with Crippen LogP contribution >= 0.6 is 0 Å². The van der Waals surface area contributed by atoms with Crippen molar-refractivity contribution < 1.29 is 18.7 Å². The number of carboxylic acid groups (broad SMARTS) is 1. The number of alkyl halides is 2. The number of hydrogen-bond donors (Lipinski definition) is 2. The molecule has 2 rings (SSSR count).